The second-order valence-electron chi connectivity index (χ2n) is 5.07. The van der Waals surface area contributed by atoms with Crippen molar-refractivity contribution in [1.29, 1.82) is 0 Å². The van der Waals surface area contributed by atoms with Crippen molar-refractivity contribution in [2.45, 2.75) is 37.6 Å². The smallest absolute Gasteiger partial charge is 0.270 e. The Bertz CT molecular complexity index is 802. The van der Waals surface area contributed by atoms with Crippen LogP contribution in [-0.4, -0.2) is 30.6 Å². The summed E-state index contributed by atoms with van der Waals surface area (Å²) in [5.41, 5.74) is 1.32. The average molecular weight is 354 g/mol. The molecule has 9 heteroatoms. The van der Waals surface area contributed by atoms with Crippen molar-refractivity contribution in [3.05, 3.63) is 35.4 Å². The highest BCUT2D eigenvalue weighted by Gasteiger charge is 2.22. The van der Waals surface area contributed by atoms with Gasteiger partial charge in [-0.25, -0.2) is 13.1 Å². The fourth-order valence-electron chi connectivity index (χ4n) is 1.76. The topological polar surface area (TPSA) is 101 Å². The summed E-state index contributed by atoms with van der Waals surface area (Å²) in [6, 6.07) is 6.90. The molecule has 2 rings (SSSR count). The van der Waals surface area contributed by atoms with Crippen LogP contribution in [0.4, 0.5) is 5.13 Å². The third-order valence-electron chi connectivity index (χ3n) is 3.22. The van der Waals surface area contributed by atoms with Crippen LogP contribution >= 0.6 is 11.3 Å². The van der Waals surface area contributed by atoms with Gasteiger partial charge >= 0.3 is 0 Å². The minimum Gasteiger partial charge on any atom is -0.296 e. The Kier molecular flexibility index (Phi) is 5.45. The molecule has 1 heterocycles. The van der Waals surface area contributed by atoms with Crippen molar-refractivity contribution in [3.63, 3.8) is 0 Å². The van der Waals surface area contributed by atoms with Crippen molar-refractivity contribution in [2.75, 3.05) is 5.32 Å². The Morgan fingerprint density at radius 2 is 2.00 bits per heavy atom. The molecule has 124 valence electrons. The van der Waals surface area contributed by atoms with Gasteiger partial charge in [0.25, 0.3) is 15.9 Å². The Labute approximate surface area is 139 Å². The molecule has 7 nitrogen and oxygen atoms in total. The number of amides is 1. The molecule has 0 spiro atoms. The van der Waals surface area contributed by atoms with Gasteiger partial charge in [-0.2, -0.15) is 0 Å². The Morgan fingerprint density at radius 3 is 2.65 bits per heavy atom. The molecule has 0 saturated carbocycles. The standard InChI is InChI=1S/C14H18N4O3S2/c1-4-10(3)18-23(20,21)14-17-16-13(22-14)15-12(19)11-8-6-5-7-9(11)2/h5-8,10,18H,4H2,1-3H3,(H,15,16,19). The molecule has 0 saturated heterocycles. The lowest BCUT2D eigenvalue weighted by Crippen LogP contribution is -2.31. The minimum absolute atomic E-state index is 0.141. The minimum atomic E-state index is -3.72. The molecule has 1 atom stereocenters. The molecular weight excluding hydrogens is 336 g/mol. The molecule has 0 aliphatic heterocycles. The van der Waals surface area contributed by atoms with Crippen molar-refractivity contribution in [3.8, 4) is 0 Å². The first-order valence-electron chi connectivity index (χ1n) is 7.06. The number of rotatable bonds is 6. The largest absolute Gasteiger partial charge is 0.296 e. The summed E-state index contributed by atoms with van der Waals surface area (Å²) >= 11 is 0.817. The second kappa shape index (κ2) is 7.16. The predicted molar refractivity (Wildman–Crippen MR) is 89.1 cm³/mol. The maximum absolute atomic E-state index is 12.2. The van der Waals surface area contributed by atoms with E-state index in [9.17, 15) is 13.2 Å². The van der Waals surface area contributed by atoms with Crippen LogP contribution in [0.2, 0.25) is 0 Å². The second-order valence-corrected chi connectivity index (χ2v) is 7.94. The van der Waals surface area contributed by atoms with Gasteiger partial charge in [-0.3, -0.25) is 10.1 Å². The van der Waals surface area contributed by atoms with E-state index in [1.54, 1.807) is 19.1 Å². The van der Waals surface area contributed by atoms with Crippen LogP contribution in [0.3, 0.4) is 0 Å². The lowest BCUT2D eigenvalue weighted by molar-refractivity contribution is 0.102. The summed E-state index contributed by atoms with van der Waals surface area (Å²) in [7, 11) is -3.72. The van der Waals surface area contributed by atoms with Gasteiger partial charge in [-0.1, -0.05) is 36.5 Å². The van der Waals surface area contributed by atoms with E-state index in [1.807, 2.05) is 26.0 Å². The number of nitrogens with one attached hydrogen (secondary N) is 2. The number of aryl methyl sites for hydroxylation is 1. The summed E-state index contributed by atoms with van der Waals surface area (Å²) in [4.78, 5) is 12.2. The zero-order chi connectivity index (χ0) is 17.0. The number of aromatic nitrogens is 2. The fraction of sp³-hybridized carbons (Fsp3) is 0.357. The van der Waals surface area contributed by atoms with E-state index >= 15 is 0 Å². The SMILES string of the molecule is CCC(C)NS(=O)(=O)c1nnc(NC(=O)c2ccccc2C)s1. The zero-order valence-electron chi connectivity index (χ0n) is 13.0. The molecule has 0 aliphatic rings. The van der Waals surface area contributed by atoms with Gasteiger partial charge in [0, 0.05) is 11.6 Å². The summed E-state index contributed by atoms with van der Waals surface area (Å²) in [6.07, 6.45) is 0.662. The van der Waals surface area contributed by atoms with E-state index in [4.69, 9.17) is 0 Å². The fourth-order valence-corrected chi connectivity index (χ4v) is 4.00. The molecule has 1 unspecified atom stereocenters. The van der Waals surface area contributed by atoms with Crippen molar-refractivity contribution >= 4 is 32.4 Å². The molecule has 1 aromatic heterocycles. The highest BCUT2D eigenvalue weighted by atomic mass is 32.2. The lowest BCUT2D eigenvalue weighted by Gasteiger charge is -2.09. The summed E-state index contributed by atoms with van der Waals surface area (Å²) in [5, 5.41) is 10.1. The molecule has 2 N–H and O–H groups in total. The number of benzene rings is 1. The monoisotopic (exact) mass is 354 g/mol. The first-order chi connectivity index (χ1) is 10.8. The van der Waals surface area contributed by atoms with E-state index < -0.39 is 10.0 Å². The van der Waals surface area contributed by atoms with Gasteiger partial charge in [0.1, 0.15) is 0 Å². The first kappa shape index (κ1) is 17.5. The predicted octanol–water partition coefficient (Wildman–Crippen LogP) is 2.18. The first-order valence-corrected chi connectivity index (χ1v) is 9.36. The molecule has 0 radical (unpaired) electrons. The number of carbonyl (C=O) groups is 1. The van der Waals surface area contributed by atoms with E-state index in [1.165, 1.54) is 0 Å². The number of nitrogens with zero attached hydrogens (tertiary/aromatic N) is 2. The molecular formula is C14H18N4O3S2. The van der Waals surface area contributed by atoms with E-state index in [0.29, 0.717) is 12.0 Å². The number of anilines is 1. The van der Waals surface area contributed by atoms with Crippen LogP contribution in [0.25, 0.3) is 0 Å². The molecule has 0 fully saturated rings. The molecule has 0 bridgehead atoms. The number of hydrogen-bond acceptors (Lipinski definition) is 6. The van der Waals surface area contributed by atoms with Crippen LogP contribution in [0.15, 0.2) is 28.6 Å². The number of sulfonamides is 1. The highest BCUT2D eigenvalue weighted by Crippen LogP contribution is 2.21. The Hall–Kier alpha value is -1.84. The van der Waals surface area contributed by atoms with E-state index in [-0.39, 0.29) is 21.4 Å². The molecule has 1 amide bonds. The summed E-state index contributed by atoms with van der Waals surface area (Å²) in [5.74, 6) is -0.349. The number of hydrogen-bond donors (Lipinski definition) is 2. The van der Waals surface area contributed by atoms with Crippen LogP contribution in [-0.2, 0) is 10.0 Å². The molecule has 23 heavy (non-hydrogen) atoms. The van der Waals surface area contributed by atoms with Gasteiger partial charge in [0.05, 0.1) is 0 Å². The Balaban J connectivity index is 2.14. The molecule has 2 aromatic rings. The van der Waals surface area contributed by atoms with Crippen LogP contribution in [0.1, 0.15) is 36.2 Å². The van der Waals surface area contributed by atoms with Crippen molar-refractivity contribution < 1.29 is 13.2 Å². The third kappa shape index (κ3) is 4.34. The van der Waals surface area contributed by atoms with Crippen LogP contribution in [0.5, 0.6) is 0 Å². The van der Waals surface area contributed by atoms with Gasteiger partial charge < -0.3 is 0 Å². The molecule has 0 aliphatic carbocycles. The number of carbonyl (C=O) groups excluding carboxylic acids is 1. The van der Waals surface area contributed by atoms with Crippen LogP contribution < -0.4 is 10.0 Å². The Morgan fingerprint density at radius 1 is 1.30 bits per heavy atom. The van der Waals surface area contributed by atoms with Gasteiger partial charge in [0.2, 0.25) is 9.47 Å². The van der Waals surface area contributed by atoms with Gasteiger partial charge in [0.15, 0.2) is 0 Å². The average Bonchev–Trinajstić information content (AvgIpc) is 2.96. The summed E-state index contributed by atoms with van der Waals surface area (Å²) in [6.45, 7) is 5.46. The normalized spacial score (nSPS) is 12.8. The van der Waals surface area contributed by atoms with Crippen LogP contribution in [0, 0.1) is 6.92 Å². The van der Waals surface area contributed by atoms with Gasteiger partial charge in [-0.15, -0.1) is 10.2 Å². The maximum Gasteiger partial charge on any atom is 0.270 e. The summed E-state index contributed by atoms with van der Waals surface area (Å²) < 4.78 is 26.5. The molecule has 1 aromatic carbocycles. The quantitative estimate of drug-likeness (QED) is 0.774. The lowest BCUT2D eigenvalue weighted by atomic mass is 10.1. The van der Waals surface area contributed by atoms with Gasteiger partial charge in [-0.05, 0) is 31.9 Å². The maximum atomic E-state index is 12.2. The highest BCUT2D eigenvalue weighted by molar-refractivity contribution is 7.91. The third-order valence-corrected chi connectivity index (χ3v) is 6.01. The zero-order valence-corrected chi connectivity index (χ0v) is 14.7. The van der Waals surface area contributed by atoms with E-state index in [2.05, 4.69) is 20.2 Å². The van der Waals surface area contributed by atoms with Crippen molar-refractivity contribution in [1.82, 2.24) is 14.9 Å². The van der Waals surface area contributed by atoms with E-state index in [0.717, 1.165) is 16.9 Å². The van der Waals surface area contributed by atoms with Crippen molar-refractivity contribution in [2.24, 2.45) is 0 Å².